The molecule has 7 heteroatoms. The molecule has 0 saturated heterocycles. The van der Waals surface area contributed by atoms with Crippen molar-refractivity contribution in [2.75, 3.05) is 5.75 Å². The Labute approximate surface area is 102 Å². The SMILES string of the molecule is Cn1nnnc1SCC(N)c1ccc(F)cc1. The molecule has 0 aliphatic heterocycles. The van der Waals surface area contributed by atoms with Crippen LogP contribution in [0.25, 0.3) is 0 Å². The number of aromatic nitrogens is 4. The summed E-state index contributed by atoms with van der Waals surface area (Å²) in [5, 5.41) is 11.8. The first kappa shape index (κ1) is 12.0. The van der Waals surface area contributed by atoms with E-state index >= 15 is 0 Å². The van der Waals surface area contributed by atoms with Crippen molar-refractivity contribution in [3.63, 3.8) is 0 Å². The third-order valence-electron chi connectivity index (χ3n) is 2.27. The highest BCUT2D eigenvalue weighted by atomic mass is 32.2. The molecule has 0 saturated carbocycles. The highest BCUT2D eigenvalue weighted by molar-refractivity contribution is 7.99. The van der Waals surface area contributed by atoms with Gasteiger partial charge < -0.3 is 5.73 Å². The first-order valence-corrected chi connectivity index (χ1v) is 6.01. The van der Waals surface area contributed by atoms with Crippen molar-refractivity contribution < 1.29 is 4.39 Å². The number of aryl methyl sites for hydroxylation is 1. The van der Waals surface area contributed by atoms with E-state index in [4.69, 9.17) is 5.73 Å². The Bertz CT molecular complexity index is 484. The number of nitrogens with zero attached hydrogens (tertiary/aromatic N) is 4. The molecule has 1 unspecified atom stereocenters. The van der Waals surface area contributed by atoms with Crippen LogP contribution in [0.5, 0.6) is 0 Å². The first-order valence-electron chi connectivity index (χ1n) is 5.03. The van der Waals surface area contributed by atoms with E-state index in [0.29, 0.717) is 10.9 Å². The quantitative estimate of drug-likeness (QED) is 0.827. The topological polar surface area (TPSA) is 69.6 Å². The lowest BCUT2D eigenvalue weighted by Crippen LogP contribution is -2.13. The molecule has 0 aliphatic carbocycles. The van der Waals surface area contributed by atoms with Crippen molar-refractivity contribution in [2.45, 2.75) is 11.2 Å². The van der Waals surface area contributed by atoms with Gasteiger partial charge in [0.05, 0.1) is 0 Å². The van der Waals surface area contributed by atoms with Crippen LogP contribution in [0.3, 0.4) is 0 Å². The average molecular weight is 253 g/mol. The van der Waals surface area contributed by atoms with E-state index in [1.807, 2.05) is 0 Å². The average Bonchev–Trinajstić information content (AvgIpc) is 2.73. The van der Waals surface area contributed by atoms with E-state index in [1.165, 1.54) is 23.9 Å². The molecule has 17 heavy (non-hydrogen) atoms. The van der Waals surface area contributed by atoms with Crippen LogP contribution >= 0.6 is 11.8 Å². The highest BCUT2D eigenvalue weighted by Crippen LogP contribution is 2.20. The number of hydrogen-bond donors (Lipinski definition) is 1. The molecule has 1 heterocycles. The van der Waals surface area contributed by atoms with Crippen LogP contribution in [-0.2, 0) is 7.05 Å². The summed E-state index contributed by atoms with van der Waals surface area (Å²) in [6.07, 6.45) is 0. The van der Waals surface area contributed by atoms with Gasteiger partial charge in [-0.25, -0.2) is 9.07 Å². The molecule has 1 atom stereocenters. The number of thioether (sulfide) groups is 1. The number of hydrogen-bond acceptors (Lipinski definition) is 5. The van der Waals surface area contributed by atoms with E-state index in [9.17, 15) is 4.39 Å². The fourth-order valence-corrected chi connectivity index (χ4v) is 2.15. The van der Waals surface area contributed by atoms with E-state index in [-0.39, 0.29) is 11.9 Å². The number of benzene rings is 1. The Morgan fingerprint density at radius 1 is 1.41 bits per heavy atom. The summed E-state index contributed by atoms with van der Waals surface area (Å²) in [7, 11) is 1.77. The van der Waals surface area contributed by atoms with Crippen molar-refractivity contribution in [1.29, 1.82) is 0 Å². The molecule has 0 spiro atoms. The Hall–Kier alpha value is -1.47. The number of rotatable bonds is 4. The Morgan fingerprint density at radius 3 is 2.71 bits per heavy atom. The summed E-state index contributed by atoms with van der Waals surface area (Å²) in [5.74, 6) is 0.380. The Morgan fingerprint density at radius 2 is 2.12 bits per heavy atom. The maximum atomic E-state index is 12.7. The smallest absolute Gasteiger partial charge is 0.209 e. The molecule has 0 bridgehead atoms. The number of halogens is 1. The molecule has 1 aromatic heterocycles. The van der Waals surface area contributed by atoms with Crippen molar-refractivity contribution in [2.24, 2.45) is 12.8 Å². The van der Waals surface area contributed by atoms with E-state index < -0.39 is 0 Å². The summed E-state index contributed by atoms with van der Waals surface area (Å²) < 4.78 is 14.3. The van der Waals surface area contributed by atoms with Gasteiger partial charge in [0.2, 0.25) is 5.16 Å². The zero-order chi connectivity index (χ0) is 12.3. The summed E-state index contributed by atoms with van der Waals surface area (Å²) in [6.45, 7) is 0. The predicted molar refractivity (Wildman–Crippen MR) is 62.9 cm³/mol. The summed E-state index contributed by atoms with van der Waals surface area (Å²) in [4.78, 5) is 0. The van der Waals surface area contributed by atoms with Crippen LogP contribution < -0.4 is 5.73 Å². The minimum atomic E-state index is -0.258. The second kappa shape index (κ2) is 5.24. The third-order valence-corrected chi connectivity index (χ3v) is 3.40. The molecular formula is C10H12FN5S. The van der Waals surface area contributed by atoms with Gasteiger partial charge in [-0.2, -0.15) is 0 Å². The fourth-order valence-electron chi connectivity index (χ4n) is 1.31. The zero-order valence-corrected chi connectivity index (χ0v) is 10.1. The van der Waals surface area contributed by atoms with Crippen LogP contribution in [0.4, 0.5) is 4.39 Å². The van der Waals surface area contributed by atoms with Crippen molar-refractivity contribution in [3.8, 4) is 0 Å². The molecule has 90 valence electrons. The van der Waals surface area contributed by atoms with Gasteiger partial charge in [0.1, 0.15) is 5.82 Å². The normalized spacial score (nSPS) is 12.6. The molecule has 0 radical (unpaired) electrons. The molecular weight excluding hydrogens is 241 g/mol. The first-order chi connectivity index (χ1) is 8.16. The van der Waals surface area contributed by atoms with E-state index in [0.717, 1.165) is 5.56 Å². The van der Waals surface area contributed by atoms with Gasteiger partial charge in [-0.05, 0) is 28.1 Å². The molecule has 0 amide bonds. The van der Waals surface area contributed by atoms with Crippen LogP contribution in [0.15, 0.2) is 29.4 Å². The van der Waals surface area contributed by atoms with Gasteiger partial charge in [0.25, 0.3) is 0 Å². The largest absolute Gasteiger partial charge is 0.323 e. The minimum Gasteiger partial charge on any atom is -0.323 e. The molecule has 2 N–H and O–H groups in total. The maximum Gasteiger partial charge on any atom is 0.209 e. The standard InChI is InChI=1S/C10H12FN5S/c1-16-10(13-14-15-16)17-6-9(12)7-2-4-8(11)5-3-7/h2-5,9H,6,12H2,1H3. The fraction of sp³-hybridized carbons (Fsp3) is 0.300. The summed E-state index contributed by atoms with van der Waals surface area (Å²) >= 11 is 1.47. The van der Waals surface area contributed by atoms with Gasteiger partial charge in [0.15, 0.2) is 0 Å². The highest BCUT2D eigenvalue weighted by Gasteiger charge is 2.09. The van der Waals surface area contributed by atoms with Gasteiger partial charge in [-0.3, -0.25) is 0 Å². The molecule has 2 aromatic rings. The third kappa shape index (κ3) is 3.01. The van der Waals surface area contributed by atoms with E-state index in [2.05, 4.69) is 15.5 Å². The molecule has 2 rings (SSSR count). The van der Waals surface area contributed by atoms with Crippen LogP contribution in [0.2, 0.25) is 0 Å². The molecule has 1 aromatic carbocycles. The van der Waals surface area contributed by atoms with Crippen molar-refractivity contribution in [1.82, 2.24) is 20.2 Å². The predicted octanol–water partition coefficient (Wildman–Crippen LogP) is 1.14. The lowest BCUT2D eigenvalue weighted by atomic mass is 10.1. The van der Waals surface area contributed by atoms with Gasteiger partial charge in [-0.1, -0.05) is 23.9 Å². The van der Waals surface area contributed by atoms with Crippen LogP contribution in [-0.4, -0.2) is 26.0 Å². The number of nitrogens with two attached hydrogens (primary N) is 1. The summed E-state index contributed by atoms with van der Waals surface area (Å²) in [5.41, 5.74) is 6.89. The van der Waals surface area contributed by atoms with Gasteiger partial charge in [0, 0.05) is 18.8 Å². The Balaban J connectivity index is 1.95. The van der Waals surface area contributed by atoms with Crippen molar-refractivity contribution >= 4 is 11.8 Å². The van der Waals surface area contributed by atoms with Crippen LogP contribution in [0.1, 0.15) is 11.6 Å². The van der Waals surface area contributed by atoms with E-state index in [1.54, 1.807) is 23.9 Å². The lowest BCUT2D eigenvalue weighted by Gasteiger charge is -2.10. The molecule has 5 nitrogen and oxygen atoms in total. The maximum absolute atomic E-state index is 12.7. The molecule has 0 fully saturated rings. The zero-order valence-electron chi connectivity index (χ0n) is 9.25. The number of tetrazole rings is 1. The second-order valence-electron chi connectivity index (χ2n) is 3.55. The van der Waals surface area contributed by atoms with Gasteiger partial charge in [-0.15, -0.1) is 5.10 Å². The van der Waals surface area contributed by atoms with Crippen LogP contribution in [0, 0.1) is 5.82 Å². The van der Waals surface area contributed by atoms with Crippen molar-refractivity contribution in [3.05, 3.63) is 35.6 Å². The second-order valence-corrected chi connectivity index (χ2v) is 4.54. The molecule has 0 aliphatic rings. The van der Waals surface area contributed by atoms with Gasteiger partial charge >= 0.3 is 0 Å². The minimum absolute atomic E-state index is 0.169. The lowest BCUT2D eigenvalue weighted by molar-refractivity contribution is 0.626. The Kier molecular flexibility index (Phi) is 3.70. The summed E-state index contributed by atoms with van der Waals surface area (Å²) in [6, 6.07) is 6.02. The monoisotopic (exact) mass is 253 g/mol.